The van der Waals surface area contributed by atoms with Crippen LogP contribution in [0, 0.1) is 0 Å². The number of pyridine rings is 1. The molecule has 108 valence electrons. The molecule has 0 aliphatic rings. The molecule has 0 atom stereocenters. The molecule has 0 unspecified atom stereocenters. The van der Waals surface area contributed by atoms with E-state index in [0.717, 1.165) is 12.2 Å². The van der Waals surface area contributed by atoms with Crippen LogP contribution in [0.5, 0.6) is 11.6 Å². The standard InChI is InChI=1S/C14H19ClN4O/c1-4-16-8-13-12(15)5-6-14(18-13)20-11-7-17-19(9-11)10(2)3/h5-7,9-10,16H,4,8H2,1-3H3. The van der Waals surface area contributed by atoms with E-state index in [-0.39, 0.29) is 0 Å². The molecule has 2 heterocycles. The Morgan fingerprint density at radius 3 is 2.85 bits per heavy atom. The lowest BCUT2D eigenvalue weighted by Crippen LogP contribution is -2.13. The van der Waals surface area contributed by atoms with E-state index in [4.69, 9.17) is 16.3 Å². The molecule has 0 saturated heterocycles. The summed E-state index contributed by atoms with van der Waals surface area (Å²) in [6, 6.07) is 3.85. The van der Waals surface area contributed by atoms with Crippen molar-refractivity contribution in [3.05, 3.63) is 35.2 Å². The van der Waals surface area contributed by atoms with Crippen LogP contribution in [-0.2, 0) is 6.54 Å². The van der Waals surface area contributed by atoms with Gasteiger partial charge < -0.3 is 10.1 Å². The summed E-state index contributed by atoms with van der Waals surface area (Å²) in [6.07, 6.45) is 3.53. The van der Waals surface area contributed by atoms with Crippen LogP contribution in [0.2, 0.25) is 5.02 Å². The first kappa shape index (κ1) is 14.8. The van der Waals surface area contributed by atoms with Crippen molar-refractivity contribution in [2.24, 2.45) is 0 Å². The molecule has 0 amide bonds. The van der Waals surface area contributed by atoms with E-state index < -0.39 is 0 Å². The zero-order valence-corrected chi connectivity index (χ0v) is 12.7. The van der Waals surface area contributed by atoms with E-state index >= 15 is 0 Å². The van der Waals surface area contributed by atoms with Gasteiger partial charge in [0.2, 0.25) is 5.88 Å². The maximum atomic E-state index is 6.11. The maximum Gasteiger partial charge on any atom is 0.219 e. The summed E-state index contributed by atoms with van der Waals surface area (Å²) in [4.78, 5) is 4.41. The Morgan fingerprint density at radius 2 is 2.20 bits per heavy atom. The fraction of sp³-hybridized carbons (Fsp3) is 0.429. The van der Waals surface area contributed by atoms with Gasteiger partial charge in [-0.05, 0) is 26.5 Å². The second-order valence-electron chi connectivity index (χ2n) is 4.71. The topological polar surface area (TPSA) is 52.0 Å². The SMILES string of the molecule is CCNCc1nc(Oc2cnn(C(C)C)c2)ccc1Cl. The molecule has 0 fully saturated rings. The Morgan fingerprint density at radius 1 is 1.40 bits per heavy atom. The van der Waals surface area contributed by atoms with Crippen molar-refractivity contribution in [2.75, 3.05) is 6.54 Å². The van der Waals surface area contributed by atoms with E-state index in [9.17, 15) is 0 Å². The van der Waals surface area contributed by atoms with Gasteiger partial charge >= 0.3 is 0 Å². The molecule has 0 aromatic carbocycles. The minimum atomic E-state index is 0.301. The Kier molecular flexibility index (Phi) is 4.98. The largest absolute Gasteiger partial charge is 0.436 e. The second-order valence-corrected chi connectivity index (χ2v) is 5.12. The third-order valence-corrected chi connectivity index (χ3v) is 3.11. The number of hydrogen-bond donors (Lipinski definition) is 1. The number of aromatic nitrogens is 3. The molecule has 5 nitrogen and oxygen atoms in total. The molecule has 2 rings (SSSR count). The number of nitrogens with one attached hydrogen (secondary N) is 1. The minimum absolute atomic E-state index is 0.301. The molecule has 2 aromatic rings. The average Bonchev–Trinajstić information content (AvgIpc) is 2.88. The molecule has 0 saturated carbocycles. The van der Waals surface area contributed by atoms with Crippen LogP contribution in [0.15, 0.2) is 24.5 Å². The fourth-order valence-corrected chi connectivity index (χ4v) is 1.84. The molecule has 1 N–H and O–H groups in total. The van der Waals surface area contributed by atoms with Gasteiger partial charge in [-0.15, -0.1) is 0 Å². The Hall–Kier alpha value is -1.59. The summed E-state index contributed by atoms with van der Waals surface area (Å²) >= 11 is 6.11. The first-order valence-corrected chi connectivity index (χ1v) is 7.06. The smallest absolute Gasteiger partial charge is 0.219 e. The quantitative estimate of drug-likeness (QED) is 0.887. The van der Waals surface area contributed by atoms with Gasteiger partial charge in [-0.1, -0.05) is 18.5 Å². The Bertz CT molecular complexity index is 568. The van der Waals surface area contributed by atoms with Crippen LogP contribution in [0.25, 0.3) is 0 Å². The third kappa shape index (κ3) is 3.71. The molecule has 0 aliphatic heterocycles. The van der Waals surface area contributed by atoms with Crippen LogP contribution < -0.4 is 10.1 Å². The highest BCUT2D eigenvalue weighted by molar-refractivity contribution is 6.31. The van der Waals surface area contributed by atoms with E-state index in [1.54, 1.807) is 18.3 Å². The lowest BCUT2D eigenvalue weighted by molar-refractivity contribution is 0.456. The summed E-state index contributed by atoms with van der Waals surface area (Å²) in [5.41, 5.74) is 0.780. The van der Waals surface area contributed by atoms with Crippen molar-refractivity contribution >= 4 is 11.6 Å². The van der Waals surface area contributed by atoms with Gasteiger partial charge in [-0.25, -0.2) is 4.98 Å². The molecule has 6 heteroatoms. The monoisotopic (exact) mass is 294 g/mol. The lowest BCUT2D eigenvalue weighted by atomic mass is 10.3. The molecular formula is C14H19ClN4O. The van der Waals surface area contributed by atoms with Crippen molar-refractivity contribution in [3.63, 3.8) is 0 Å². The van der Waals surface area contributed by atoms with Crippen LogP contribution in [0.4, 0.5) is 0 Å². The highest BCUT2D eigenvalue weighted by Crippen LogP contribution is 2.23. The highest BCUT2D eigenvalue weighted by Gasteiger charge is 2.07. The number of halogens is 1. The van der Waals surface area contributed by atoms with Crippen molar-refractivity contribution in [1.29, 1.82) is 0 Å². The minimum Gasteiger partial charge on any atom is -0.436 e. The van der Waals surface area contributed by atoms with E-state index in [0.29, 0.717) is 29.2 Å². The third-order valence-electron chi connectivity index (χ3n) is 2.76. The van der Waals surface area contributed by atoms with Gasteiger partial charge in [0, 0.05) is 18.7 Å². The van der Waals surface area contributed by atoms with Crippen molar-refractivity contribution in [2.45, 2.75) is 33.4 Å². The Balaban J connectivity index is 2.12. The molecule has 20 heavy (non-hydrogen) atoms. The average molecular weight is 295 g/mol. The van der Waals surface area contributed by atoms with E-state index in [2.05, 4.69) is 29.2 Å². The summed E-state index contributed by atoms with van der Waals surface area (Å²) in [5, 5.41) is 8.06. The van der Waals surface area contributed by atoms with Gasteiger partial charge in [0.05, 0.1) is 23.1 Å². The number of ether oxygens (including phenoxy) is 1. The van der Waals surface area contributed by atoms with Gasteiger partial charge in [0.1, 0.15) is 0 Å². The van der Waals surface area contributed by atoms with E-state index in [1.165, 1.54) is 0 Å². The molecular weight excluding hydrogens is 276 g/mol. The lowest BCUT2D eigenvalue weighted by Gasteiger charge is -2.07. The van der Waals surface area contributed by atoms with Crippen LogP contribution in [-0.4, -0.2) is 21.3 Å². The number of rotatable bonds is 6. The summed E-state index contributed by atoms with van der Waals surface area (Å²) in [7, 11) is 0. The predicted molar refractivity (Wildman–Crippen MR) is 79.3 cm³/mol. The summed E-state index contributed by atoms with van der Waals surface area (Å²) in [6.45, 7) is 7.65. The normalized spacial score (nSPS) is 11.1. The Labute approximate surface area is 123 Å². The van der Waals surface area contributed by atoms with E-state index in [1.807, 2.05) is 17.8 Å². The number of hydrogen-bond acceptors (Lipinski definition) is 4. The molecule has 2 aromatic heterocycles. The molecule has 0 radical (unpaired) electrons. The zero-order valence-electron chi connectivity index (χ0n) is 11.9. The van der Waals surface area contributed by atoms with Crippen LogP contribution >= 0.6 is 11.6 Å². The highest BCUT2D eigenvalue weighted by atomic mass is 35.5. The van der Waals surface area contributed by atoms with Gasteiger partial charge in [0.25, 0.3) is 0 Å². The van der Waals surface area contributed by atoms with Crippen molar-refractivity contribution < 1.29 is 4.74 Å². The van der Waals surface area contributed by atoms with Crippen molar-refractivity contribution in [3.8, 4) is 11.6 Å². The number of nitrogens with zero attached hydrogens (tertiary/aromatic N) is 3. The molecule has 0 bridgehead atoms. The fourth-order valence-electron chi connectivity index (χ4n) is 1.67. The van der Waals surface area contributed by atoms with Crippen molar-refractivity contribution in [1.82, 2.24) is 20.1 Å². The molecule has 0 spiro atoms. The molecule has 0 aliphatic carbocycles. The van der Waals surface area contributed by atoms with Gasteiger partial charge in [-0.2, -0.15) is 5.10 Å². The first-order valence-electron chi connectivity index (χ1n) is 6.68. The van der Waals surface area contributed by atoms with Gasteiger partial charge in [0.15, 0.2) is 5.75 Å². The first-order chi connectivity index (χ1) is 9.60. The predicted octanol–water partition coefficient (Wildman–Crippen LogP) is 3.41. The second kappa shape index (κ2) is 6.72. The summed E-state index contributed by atoms with van der Waals surface area (Å²) in [5.74, 6) is 1.19. The zero-order chi connectivity index (χ0) is 14.5. The maximum absolute atomic E-state index is 6.11. The van der Waals surface area contributed by atoms with Crippen LogP contribution in [0.1, 0.15) is 32.5 Å². The van der Waals surface area contributed by atoms with Crippen LogP contribution in [0.3, 0.4) is 0 Å². The van der Waals surface area contributed by atoms with Gasteiger partial charge in [-0.3, -0.25) is 4.68 Å². The summed E-state index contributed by atoms with van der Waals surface area (Å²) < 4.78 is 7.54.